The molecule has 1 N–H and O–H groups in total. The molecule has 2 nitrogen and oxygen atoms in total. The summed E-state index contributed by atoms with van der Waals surface area (Å²) < 4.78 is 19.9. The van der Waals surface area contributed by atoms with Crippen molar-refractivity contribution in [1.82, 2.24) is 0 Å². The van der Waals surface area contributed by atoms with Gasteiger partial charge in [-0.1, -0.05) is 36.0 Å². The molecule has 0 aromatic heterocycles. The van der Waals surface area contributed by atoms with Gasteiger partial charge in [-0.15, -0.1) is 0 Å². The van der Waals surface area contributed by atoms with E-state index in [2.05, 4.69) is 0 Å². The average molecular weight is 250 g/mol. The van der Waals surface area contributed by atoms with Gasteiger partial charge in [0.2, 0.25) is 0 Å². The summed E-state index contributed by atoms with van der Waals surface area (Å²) in [5.41, 5.74) is 0. The van der Waals surface area contributed by atoms with Gasteiger partial charge in [-0.25, -0.2) is 4.21 Å². The Kier molecular flexibility index (Phi) is 3.77. The lowest BCUT2D eigenvalue weighted by atomic mass is 10.4. The fourth-order valence-corrected chi connectivity index (χ4v) is 2.67. The molecule has 0 aliphatic heterocycles. The highest BCUT2D eigenvalue weighted by atomic mass is 32.2. The van der Waals surface area contributed by atoms with Crippen molar-refractivity contribution in [3.8, 4) is 0 Å². The third kappa shape index (κ3) is 2.95. The molecule has 0 aliphatic rings. The van der Waals surface area contributed by atoms with Crippen LogP contribution in [0.1, 0.15) is 0 Å². The summed E-state index contributed by atoms with van der Waals surface area (Å²) in [5, 5.41) is 0. The Morgan fingerprint density at radius 3 is 2.31 bits per heavy atom. The van der Waals surface area contributed by atoms with Crippen LogP contribution in [0.4, 0.5) is 0 Å². The highest BCUT2D eigenvalue weighted by molar-refractivity contribution is 7.99. The third-order valence-corrected chi connectivity index (χ3v) is 3.64. The maximum Gasteiger partial charge on any atom is 0.186 e. The van der Waals surface area contributed by atoms with Crippen LogP contribution in [0.15, 0.2) is 69.3 Å². The topological polar surface area (TPSA) is 37.3 Å². The van der Waals surface area contributed by atoms with Crippen molar-refractivity contribution in [3.05, 3.63) is 54.6 Å². The zero-order valence-corrected chi connectivity index (χ0v) is 10.0. The Labute approximate surface area is 101 Å². The van der Waals surface area contributed by atoms with Crippen LogP contribution in [0, 0.1) is 0 Å². The van der Waals surface area contributed by atoms with E-state index in [0.717, 1.165) is 9.79 Å². The molecule has 0 saturated carbocycles. The fourth-order valence-electron chi connectivity index (χ4n) is 1.27. The number of hydrogen-bond acceptors (Lipinski definition) is 2. The van der Waals surface area contributed by atoms with E-state index in [-0.39, 0.29) is 0 Å². The number of rotatable bonds is 3. The third-order valence-electron chi connectivity index (χ3n) is 1.99. The lowest BCUT2D eigenvalue weighted by Gasteiger charge is -2.02. The molecule has 1 atom stereocenters. The zero-order valence-electron chi connectivity index (χ0n) is 8.37. The Bertz CT molecular complexity index is 497. The van der Waals surface area contributed by atoms with E-state index in [1.807, 2.05) is 36.4 Å². The maximum atomic E-state index is 10.9. The van der Waals surface area contributed by atoms with Crippen molar-refractivity contribution in [3.63, 3.8) is 0 Å². The summed E-state index contributed by atoms with van der Waals surface area (Å²) in [5.74, 6) is 0. The Balaban J connectivity index is 2.22. The molecule has 0 bridgehead atoms. The van der Waals surface area contributed by atoms with Crippen LogP contribution in [-0.2, 0) is 11.1 Å². The normalized spacial score (nSPS) is 12.3. The van der Waals surface area contributed by atoms with Gasteiger partial charge in [0, 0.05) is 9.79 Å². The average Bonchev–Trinajstić information content (AvgIpc) is 2.30. The molecule has 82 valence electrons. The van der Waals surface area contributed by atoms with Crippen LogP contribution in [0.3, 0.4) is 0 Å². The molecule has 0 saturated heterocycles. The highest BCUT2D eigenvalue weighted by Crippen LogP contribution is 2.28. The lowest BCUT2D eigenvalue weighted by molar-refractivity contribution is 0.564. The molecule has 0 radical (unpaired) electrons. The minimum Gasteiger partial charge on any atom is -0.302 e. The van der Waals surface area contributed by atoms with Gasteiger partial charge in [0.05, 0.1) is 4.90 Å². The van der Waals surface area contributed by atoms with E-state index in [0.29, 0.717) is 4.90 Å². The molecule has 0 aliphatic carbocycles. The monoisotopic (exact) mass is 250 g/mol. The summed E-state index contributed by atoms with van der Waals surface area (Å²) in [6.07, 6.45) is 0. The van der Waals surface area contributed by atoms with Gasteiger partial charge in [-0.3, -0.25) is 0 Å². The summed E-state index contributed by atoms with van der Waals surface area (Å²) in [6.45, 7) is 0. The van der Waals surface area contributed by atoms with Gasteiger partial charge >= 0.3 is 0 Å². The van der Waals surface area contributed by atoms with E-state index in [4.69, 9.17) is 4.55 Å². The van der Waals surface area contributed by atoms with Crippen LogP contribution in [-0.4, -0.2) is 8.76 Å². The van der Waals surface area contributed by atoms with Crippen LogP contribution >= 0.6 is 11.8 Å². The first-order valence-corrected chi connectivity index (χ1v) is 6.62. The quantitative estimate of drug-likeness (QED) is 0.848. The van der Waals surface area contributed by atoms with Crippen molar-refractivity contribution in [2.75, 3.05) is 0 Å². The second-order valence-electron chi connectivity index (χ2n) is 3.14. The van der Waals surface area contributed by atoms with Gasteiger partial charge in [0.25, 0.3) is 0 Å². The fraction of sp³-hybridized carbons (Fsp3) is 0. The molecule has 4 heteroatoms. The molecule has 0 amide bonds. The van der Waals surface area contributed by atoms with Gasteiger partial charge in [0.15, 0.2) is 11.1 Å². The number of benzene rings is 2. The smallest absolute Gasteiger partial charge is 0.186 e. The molecule has 0 spiro atoms. The molecular formula is C12H10O2S2. The lowest BCUT2D eigenvalue weighted by Crippen LogP contribution is -1.87. The highest BCUT2D eigenvalue weighted by Gasteiger charge is 2.02. The van der Waals surface area contributed by atoms with Gasteiger partial charge < -0.3 is 4.55 Å². The van der Waals surface area contributed by atoms with Crippen LogP contribution in [0.5, 0.6) is 0 Å². The molecular weight excluding hydrogens is 240 g/mol. The van der Waals surface area contributed by atoms with Crippen molar-refractivity contribution in [2.24, 2.45) is 0 Å². The minimum absolute atomic E-state index is 0.431. The molecule has 2 aromatic carbocycles. The van der Waals surface area contributed by atoms with Crippen molar-refractivity contribution >= 4 is 22.8 Å². The maximum absolute atomic E-state index is 10.9. The van der Waals surface area contributed by atoms with Crippen LogP contribution < -0.4 is 0 Å². The summed E-state index contributed by atoms with van der Waals surface area (Å²) in [6, 6.07) is 17.0. The number of hydrogen-bond donors (Lipinski definition) is 1. The second kappa shape index (κ2) is 5.30. The SMILES string of the molecule is O=S(O)c1cccc(Sc2ccccc2)c1. The summed E-state index contributed by atoms with van der Waals surface area (Å²) >= 11 is -0.337. The predicted octanol–water partition coefficient (Wildman–Crippen LogP) is 3.42. The first-order valence-electron chi connectivity index (χ1n) is 4.69. The first kappa shape index (κ1) is 11.4. The molecule has 2 rings (SSSR count). The largest absolute Gasteiger partial charge is 0.302 e. The zero-order chi connectivity index (χ0) is 11.4. The van der Waals surface area contributed by atoms with E-state index in [1.165, 1.54) is 0 Å². The molecule has 1 unspecified atom stereocenters. The predicted molar refractivity (Wildman–Crippen MR) is 66.0 cm³/mol. The minimum atomic E-state index is -1.91. The Morgan fingerprint density at radius 1 is 0.938 bits per heavy atom. The van der Waals surface area contributed by atoms with Gasteiger partial charge in [-0.2, -0.15) is 0 Å². The van der Waals surface area contributed by atoms with Gasteiger partial charge in [-0.05, 0) is 30.3 Å². The van der Waals surface area contributed by atoms with E-state index in [9.17, 15) is 4.21 Å². The molecule has 16 heavy (non-hydrogen) atoms. The summed E-state index contributed by atoms with van der Waals surface area (Å²) in [4.78, 5) is 2.51. The Morgan fingerprint density at radius 2 is 1.62 bits per heavy atom. The standard InChI is InChI=1S/C12H10O2S2/c13-16(14)12-8-4-7-11(9-12)15-10-5-2-1-3-6-10/h1-9H,(H,13,14). The summed E-state index contributed by atoms with van der Waals surface area (Å²) in [7, 11) is 0. The second-order valence-corrected chi connectivity index (χ2v) is 5.26. The van der Waals surface area contributed by atoms with Crippen molar-refractivity contribution in [2.45, 2.75) is 14.7 Å². The molecule has 0 fully saturated rings. The van der Waals surface area contributed by atoms with E-state index in [1.54, 1.807) is 30.0 Å². The first-order chi connectivity index (χ1) is 7.75. The molecule has 2 aromatic rings. The van der Waals surface area contributed by atoms with E-state index >= 15 is 0 Å². The van der Waals surface area contributed by atoms with Gasteiger partial charge in [0.1, 0.15) is 0 Å². The van der Waals surface area contributed by atoms with E-state index < -0.39 is 11.1 Å². The Hall–Kier alpha value is -1.10. The van der Waals surface area contributed by atoms with Crippen LogP contribution in [0.2, 0.25) is 0 Å². The van der Waals surface area contributed by atoms with Crippen LogP contribution in [0.25, 0.3) is 0 Å². The van der Waals surface area contributed by atoms with Crippen molar-refractivity contribution < 1.29 is 8.76 Å². The molecule has 0 heterocycles. The van der Waals surface area contributed by atoms with Crippen molar-refractivity contribution in [1.29, 1.82) is 0 Å².